The third-order valence-corrected chi connectivity index (χ3v) is 3.35. The van der Waals surface area contributed by atoms with Gasteiger partial charge in [0, 0.05) is 12.6 Å². The smallest absolute Gasteiger partial charge is 0.178 e. The maximum Gasteiger partial charge on any atom is 0.178 e. The molecule has 0 amide bonds. The van der Waals surface area contributed by atoms with Crippen LogP contribution in [-0.4, -0.2) is 22.8 Å². The average molecular weight is 301 g/mol. The summed E-state index contributed by atoms with van der Waals surface area (Å²) < 4.78 is 21.2. The van der Waals surface area contributed by atoms with Crippen LogP contribution >= 0.6 is 23.8 Å². The summed E-state index contributed by atoms with van der Waals surface area (Å²) in [5, 5.41) is 0.0859. The van der Waals surface area contributed by atoms with Crippen LogP contribution in [0.1, 0.15) is 6.42 Å². The number of H-pyrrole nitrogens is 1. The molecule has 0 unspecified atom stereocenters. The Morgan fingerprint density at radius 3 is 3.00 bits per heavy atom. The monoisotopic (exact) mass is 300 g/mol. The quantitative estimate of drug-likeness (QED) is 0.495. The van der Waals surface area contributed by atoms with Crippen LogP contribution in [-0.2, 0) is 11.3 Å². The van der Waals surface area contributed by atoms with Gasteiger partial charge in [-0.2, -0.15) is 0 Å². The molecular formula is C13H14ClFN2OS. The van der Waals surface area contributed by atoms with Crippen LogP contribution in [0.25, 0.3) is 11.0 Å². The lowest BCUT2D eigenvalue weighted by Crippen LogP contribution is -2.06. The van der Waals surface area contributed by atoms with Crippen molar-refractivity contribution in [2.45, 2.75) is 13.0 Å². The van der Waals surface area contributed by atoms with E-state index in [2.05, 4.69) is 11.6 Å². The predicted octanol–water partition coefficient (Wildman–Crippen LogP) is 4.08. The number of hydrogen-bond donors (Lipinski definition) is 1. The summed E-state index contributed by atoms with van der Waals surface area (Å²) in [5.41, 5.74) is 1.42. The molecule has 0 bridgehead atoms. The Balaban J connectivity index is 2.18. The number of aromatic nitrogens is 2. The average Bonchev–Trinajstić information content (AvgIpc) is 2.66. The van der Waals surface area contributed by atoms with Crippen LogP contribution in [0.5, 0.6) is 0 Å². The number of imidazole rings is 1. The van der Waals surface area contributed by atoms with Crippen molar-refractivity contribution in [3.05, 3.63) is 40.4 Å². The number of ether oxygens (including phenoxy) is 1. The van der Waals surface area contributed by atoms with Crippen molar-refractivity contribution < 1.29 is 9.13 Å². The van der Waals surface area contributed by atoms with E-state index in [4.69, 9.17) is 28.6 Å². The molecule has 0 saturated carbocycles. The molecule has 1 N–H and O–H groups in total. The minimum atomic E-state index is -0.459. The van der Waals surface area contributed by atoms with E-state index in [1.54, 1.807) is 12.1 Å². The highest BCUT2D eigenvalue weighted by molar-refractivity contribution is 7.71. The third-order valence-electron chi connectivity index (χ3n) is 2.74. The van der Waals surface area contributed by atoms with Crippen LogP contribution < -0.4 is 0 Å². The van der Waals surface area contributed by atoms with Crippen LogP contribution in [0.2, 0.25) is 5.02 Å². The largest absolute Gasteiger partial charge is 0.379 e. The fourth-order valence-corrected chi connectivity index (χ4v) is 2.26. The highest BCUT2D eigenvalue weighted by Gasteiger charge is 2.08. The molecule has 2 aromatic rings. The molecule has 1 heterocycles. The Morgan fingerprint density at radius 2 is 2.26 bits per heavy atom. The first-order chi connectivity index (χ1) is 9.13. The Morgan fingerprint density at radius 1 is 1.47 bits per heavy atom. The van der Waals surface area contributed by atoms with Crippen molar-refractivity contribution in [2.75, 3.05) is 13.2 Å². The standard InChI is InChI=1S/C13H14ClFN2OS/c1-2-3-5-18-6-4-17-12-7-9(14)10(15)8-11(12)16-13(17)19/h2,7-8H,1,3-6H2,(H,16,19). The molecule has 0 saturated heterocycles. The number of nitrogens with zero attached hydrogens (tertiary/aromatic N) is 1. The topological polar surface area (TPSA) is 29.9 Å². The van der Waals surface area contributed by atoms with Gasteiger partial charge >= 0.3 is 0 Å². The molecule has 1 aromatic carbocycles. The lowest BCUT2D eigenvalue weighted by molar-refractivity contribution is 0.131. The fourth-order valence-electron chi connectivity index (χ4n) is 1.80. The van der Waals surface area contributed by atoms with E-state index in [0.29, 0.717) is 30.0 Å². The molecule has 0 spiro atoms. The zero-order valence-corrected chi connectivity index (χ0v) is 11.9. The van der Waals surface area contributed by atoms with Crippen LogP contribution in [0.15, 0.2) is 24.8 Å². The van der Waals surface area contributed by atoms with Gasteiger partial charge in [0.25, 0.3) is 0 Å². The molecule has 3 nitrogen and oxygen atoms in total. The number of hydrogen-bond acceptors (Lipinski definition) is 2. The zero-order chi connectivity index (χ0) is 13.8. The molecule has 6 heteroatoms. The second kappa shape index (κ2) is 6.32. The first-order valence-electron chi connectivity index (χ1n) is 5.89. The number of halogens is 2. The summed E-state index contributed by atoms with van der Waals surface area (Å²) in [6, 6.07) is 2.92. The summed E-state index contributed by atoms with van der Waals surface area (Å²) in [6.45, 7) is 5.38. The molecular weight excluding hydrogens is 287 g/mol. The molecule has 0 aliphatic heterocycles. The molecule has 102 valence electrons. The lowest BCUT2D eigenvalue weighted by atomic mass is 10.3. The summed E-state index contributed by atoms with van der Waals surface area (Å²) in [7, 11) is 0. The van der Waals surface area contributed by atoms with E-state index in [-0.39, 0.29) is 5.02 Å². The molecule has 19 heavy (non-hydrogen) atoms. The number of benzene rings is 1. The van der Waals surface area contributed by atoms with Crippen molar-refractivity contribution >= 4 is 34.9 Å². The summed E-state index contributed by atoms with van der Waals surface area (Å²) in [4.78, 5) is 2.95. The van der Waals surface area contributed by atoms with E-state index >= 15 is 0 Å². The van der Waals surface area contributed by atoms with Crippen molar-refractivity contribution in [2.24, 2.45) is 0 Å². The summed E-state index contributed by atoms with van der Waals surface area (Å²) >= 11 is 11.0. The highest BCUT2D eigenvalue weighted by atomic mass is 35.5. The second-order valence-corrected chi connectivity index (χ2v) is 4.85. The number of rotatable bonds is 6. The summed E-state index contributed by atoms with van der Waals surface area (Å²) in [6.07, 6.45) is 2.62. The van der Waals surface area contributed by atoms with Gasteiger partial charge in [-0.3, -0.25) is 0 Å². The van der Waals surface area contributed by atoms with Gasteiger partial charge in [0.2, 0.25) is 0 Å². The first kappa shape index (κ1) is 14.2. The van der Waals surface area contributed by atoms with Gasteiger partial charge < -0.3 is 14.3 Å². The van der Waals surface area contributed by atoms with Crippen molar-refractivity contribution in [3.8, 4) is 0 Å². The maximum absolute atomic E-state index is 13.4. The van der Waals surface area contributed by atoms with Crippen molar-refractivity contribution in [3.63, 3.8) is 0 Å². The first-order valence-corrected chi connectivity index (χ1v) is 6.68. The number of fused-ring (bicyclic) bond motifs is 1. The van der Waals surface area contributed by atoms with E-state index in [0.717, 1.165) is 11.9 Å². The van der Waals surface area contributed by atoms with Crippen molar-refractivity contribution in [1.29, 1.82) is 0 Å². The number of aromatic amines is 1. The third kappa shape index (κ3) is 3.23. The van der Waals surface area contributed by atoms with Crippen LogP contribution in [0, 0.1) is 10.6 Å². The molecule has 1 aromatic heterocycles. The van der Waals surface area contributed by atoms with Gasteiger partial charge in [0.15, 0.2) is 4.77 Å². The van der Waals surface area contributed by atoms with Gasteiger partial charge in [-0.15, -0.1) is 6.58 Å². The van der Waals surface area contributed by atoms with Gasteiger partial charge in [-0.1, -0.05) is 17.7 Å². The molecule has 0 atom stereocenters. The van der Waals surface area contributed by atoms with Crippen LogP contribution in [0.4, 0.5) is 4.39 Å². The summed E-state index contributed by atoms with van der Waals surface area (Å²) in [5.74, 6) is -0.459. The normalized spacial score (nSPS) is 11.1. The number of nitrogens with one attached hydrogen (secondary N) is 1. The maximum atomic E-state index is 13.4. The minimum Gasteiger partial charge on any atom is -0.379 e. The predicted molar refractivity (Wildman–Crippen MR) is 77.7 cm³/mol. The van der Waals surface area contributed by atoms with Crippen molar-refractivity contribution in [1.82, 2.24) is 9.55 Å². The highest BCUT2D eigenvalue weighted by Crippen LogP contribution is 2.22. The Labute approximate surface area is 120 Å². The van der Waals surface area contributed by atoms with E-state index < -0.39 is 5.82 Å². The molecule has 2 rings (SSSR count). The zero-order valence-electron chi connectivity index (χ0n) is 10.3. The minimum absolute atomic E-state index is 0.0859. The Bertz CT molecular complexity index is 650. The second-order valence-electron chi connectivity index (χ2n) is 4.05. The molecule has 0 aliphatic carbocycles. The Hall–Kier alpha value is -1.17. The van der Waals surface area contributed by atoms with E-state index in [1.807, 2.05) is 4.57 Å². The van der Waals surface area contributed by atoms with Gasteiger partial charge in [0.1, 0.15) is 5.82 Å². The van der Waals surface area contributed by atoms with Crippen LogP contribution in [0.3, 0.4) is 0 Å². The molecule has 0 fully saturated rings. The Kier molecular flexibility index (Phi) is 4.74. The molecule has 0 aliphatic rings. The van der Waals surface area contributed by atoms with E-state index in [9.17, 15) is 4.39 Å². The van der Waals surface area contributed by atoms with Gasteiger partial charge in [-0.05, 0) is 24.7 Å². The van der Waals surface area contributed by atoms with Gasteiger partial charge in [0.05, 0.1) is 29.3 Å². The van der Waals surface area contributed by atoms with E-state index in [1.165, 1.54) is 6.07 Å². The SMILES string of the molecule is C=CCCOCCn1c(=S)[nH]c2cc(F)c(Cl)cc21. The van der Waals surface area contributed by atoms with Gasteiger partial charge in [-0.25, -0.2) is 4.39 Å². The fraction of sp³-hybridized carbons (Fsp3) is 0.308. The lowest BCUT2D eigenvalue weighted by Gasteiger charge is -2.05. The molecule has 0 radical (unpaired) electrons.